The molecule has 7 heteroatoms. The average molecular weight is 326 g/mol. The third-order valence-corrected chi connectivity index (χ3v) is 3.61. The van der Waals surface area contributed by atoms with E-state index in [1.54, 1.807) is 38.1 Å². The van der Waals surface area contributed by atoms with E-state index in [0.717, 1.165) is 0 Å². The molecule has 7 nitrogen and oxygen atoms in total. The van der Waals surface area contributed by atoms with Crippen LogP contribution >= 0.6 is 0 Å². The Morgan fingerprint density at radius 1 is 1.38 bits per heavy atom. The van der Waals surface area contributed by atoms with Crippen LogP contribution in [-0.4, -0.2) is 26.8 Å². The maximum atomic E-state index is 11.8. The van der Waals surface area contributed by atoms with E-state index < -0.39 is 6.09 Å². The van der Waals surface area contributed by atoms with Gasteiger partial charge in [-0.05, 0) is 38.5 Å². The Morgan fingerprint density at radius 2 is 2.08 bits per heavy atom. The summed E-state index contributed by atoms with van der Waals surface area (Å²) in [5.41, 5.74) is 2.79. The van der Waals surface area contributed by atoms with E-state index in [1.165, 1.54) is 16.5 Å². The largest absolute Gasteiger partial charge is 0.465 e. The summed E-state index contributed by atoms with van der Waals surface area (Å²) < 4.78 is 1.51. The number of carboxylic acid groups (broad SMARTS) is 1. The van der Waals surface area contributed by atoms with Crippen molar-refractivity contribution in [3.63, 3.8) is 0 Å². The van der Waals surface area contributed by atoms with Gasteiger partial charge in [-0.3, -0.25) is 14.4 Å². The van der Waals surface area contributed by atoms with Crippen molar-refractivity contribution in [2.75, 3.05) is 4.90 Å². The van der Waals surface area contributed by atoms with E-state index in [1.807, 2.05) is 6.07 Å². The van der Waals surface area contributed by atoms with Crippen molar-refractivity contribution in [3.8, 4) is 6.07 Å². The van der Waals surface area contributed by atoms with Gasteiger partial charge >= 0.3 is 6.09 Å². The molecule has 0 atom stereocenters. The Hall–Kier alpha value is -3.14. The summed E-state index contributed by atoms with van der Waals surface area (Å²) in [5, 5.41) is 22.9. The summed E-state index contributed by atoms with van der Waals surface area (Å²) in [7, 11) is 0. The molecule has 2 rings (SSSR count). The van der Waals surface area contributed by atoms with Crippen LogP contribution in [0.3, 0.4) is 0 Å². The summed E-state index contributed by atoms with van der Waals surface area (Å²) in [6, 6.07) is 8.83. The summed E-state index contributed by atoms with van der Waals surface area (Å²) in [6.45, 7) is 5.10. The lowest BCUT2D eigenvalue weighted by molar-refractivity contribution is -0.117. The van der Waals surface area contributed by atoms with Gasteiger partial charge in [-0.15, -0.1) is 0 Å². The van der Waals surface area contributed by atoms with Crippen LogP contribution in [0.15, 0.2) is 24.3 Å². The first-order valence-corrected chi connectivity index (χ1v) is 7.36. The fraction of sp³-hybridized carbons (Fsp3) is 0.294. The van der Waals surface area contributed by atoms with E-state index >= 15 is 0 Å². The molecule has 2 aromatic rings. The van der Waals surface area contributed by atoms with Crippen LogP contribution in [0.1, 0.15) is 29.4 Å². The first kappa shape index (κ1) is 17.2. The van der Waals surface area contributed by atoms with E-state index in [0.29, 0.717) is 28.2 Å². The minimum Gasteiger partial charge on any atom is -0.465 e. The minimum absolute atomic E-state index is 0.0595. The number of aryl methyl sites for hydroxylation is 1. The first-order valence-electron chi connectivity index (χ1n) is 7.36. The molecule has 0 radical (unpaired) electrons. The number of benzene rings is 1. The SMILES string of the molecule is CC(=O)Cn1nc(C)c(N(Cc2cccc(C#N)c2)C(=O)O)c1C. The second-order valence-corrected chi connectivity index (χ2v) is 5.56. The van der Waals surface area contributed by atoms with E-state index in [9.17, 15) is 14.7 Å². The van der Waals surface area contributed by atoms with Crippen LogP contribution in [0.25, 0.3) is 0 Å². The van der Waals surface area contributed by atoms with Crippen molar-refractivity contribution in [1.29, 1.82) is 5.26 Å². The lowest BCUT2D eigenvalue weighted by Crippen LogP contribution is -2.29. The van der Waals surface area contributed by atoms with E-state index in [4.69, 9.17) is 5.26 Å². The molecule has 0 unspecified atom stereocenters. The number of carbonyl (C=O) groups is 2. The summed E-state index contributed by atoms with van der Waals surface area (Å²) in [6.07, 6.45) is -1.12. The highest BCUT2D eigenvalue weighted by Crippen LogP contribution is 2.26. The zero-order chi connectivity index (χ0) is 17.9. The zero-order valence-corrected chi connectivity index (χ0v) is 13.8. The predicted octanol–water partition coefficient (Wildman–Crippen LogP) is 2.65. The zero-order valence-electron chi connectivity index (χ0n) is 13.8. The van der Waals surface area contributed by atoms with Gasteiger partial charge in [-0.2, -0.15) is 10.4 Å². The van der Waals surface area contributed by atoms with E-state index in [-0.39, 0.29) is 18.9 Å². The fourth-order valence-electron chi connectivity index (χ4n) is 2.61. The van der Waals surface area contributed by atoms with Gasteiger partial charge in [0.25, 0.3) is 0 Å². The van der Waals surface area contributed by atoms with Crippen LogP contribution in [0.5, 0.6) is 0 Å². The van der Waals surface area contributed by atoms with Crippen molar-refractivity contribution < 1.29 is 14.7 Å². The number of hydrogen-bond donors (Lipinski definition) is 1. The van der Waals surface area contributed by atoms with Crippen LogP contribution < -0.4 is 4.90 Å². The van der Waals surface area contributed by atoms with E-state index in [2.05, 4.69) is 5.10 Å². The number of rotatable bonds is 5. The monoisotopic (exact) mass is 326 g/mol. The number of aromatic nitrogens is 2. The van der Waals surface area contributed by atoms with Crippen LogP contribution in [0.2, 0.25) is 0 Å². The van der Waals surface area contributed by atoms with Gasteiger partial charge in [0.2, 0.25) is 0 Å². The number of anilines is 1. The third-order valence-electron chi connectivity index (χ3n) is 3.61. The van der Waals surface area contributed by atoms with Gasteiger partial charge in [0, 0.05) is 0 Å². The van der Waals surface area contributed by atoms with Gasteiger partial charge in [0.15, 0.2) is 5.78 Å². The van der Waals surface area contributed by atoms with Crippen LogP contribution in [-0.2, 0) is 17.9 Å². The number of nitriles is 1. The summed E-state index contributed by atoms with van der Waals surface area (Å²) in [5.74, 6) is -0.0595. The van der Waals surface area contributed by atoms with Gasteiger partial charge in [-0.1, -0.05) is 12.1 Å². The van der Waals surface area contributed by atoms with Crippen molar-refractivity contribution in [2.24, 2.45) is 0 Å². The number of carbonyl (C=O) groups excluding carboxylic acids is 1. The van der Waals surface area contributed by atoms with Gasteiger partial charge in [0.1, 0.15) is 0 Å². The molecule has 1 amide bonds. The minimum atomic E-state index is -1.12. The lowest BCUT2D eigenvalue weighted by Gasteiger charge is -2.20. The highest BCUT2D eigenvalue weighted by Gasteiger charge is 2.23. The lowest BCUT2D eigenvalue weighted by atomic mass is 10.1. The highest BCUT2D eigenvalue weighted by atomic mass is 16.4. The second kappa shape index (κ2) is 6.96. The highest BCUT2D eigenvalue weighted by molar-refractivity contribution is 5.87. The Labute approximate surface area is 139 Å². The molecule has 0 aliphatic rings. The molecule has 124 valence electrons. The molecule has 1 aromatic carbocycles. The third kappa shape index (κ3) is 3.60. The first-order chi connectivity index (χ1) is 11.3. The topological polar surface area (TPSA) is 99.2 Å². The van der Waals surface area contributed by atoms with Gasteiger partial charge < -0.3 is 5.11 Å². The number of amides is 1. The molecular weight excluding hydrogens is 308 g/mol. The standard InChI is InChI=1S/C17H18N4O3/c1-11(22)9-21-13(3)16(12(2)19-21)20(17(23)24)10-15-6-4-5-14(7-15)8-18/h4-7H,9-10H2,1-3H3,(H,23,24). The molecule has 0 saturated heterocycles. The molecule has 24 heavy (non-hydrogen) atoms. The van der Waals surface area contributed by atoms with Gasteiger partial charge in [0.05, 0.1) is 41.8 Å². The van der Waals surface area contributed by atoms with Crippen LogP contribution in [0.4, 0.5) is 10.5 Å². The second-order valence-electron chi connectivity index (χ2n) is 5.56. The maximum absolute atomic E-state index is 11.8. The molecule has 0 saturated carbocycles. The Balaban J connectivity index is 2.41. The average Bonchev–Trinajstić information content (AvgIpc) is 2.78. The molecule has 0 aliphatic heterocycles. The fourth-order valence-corrected chi connectivity index (χ4v) is 2.61. The molecule has 0 fully saturated rings. The normalized spacial score (nSPS) is 10.2. The molecule has 1 aromatic heterocycles. The maximum Gasteiger partial charge on any atom is 0.412 e. The molecule has 1 N–H and O–H groups in total. The number of hydrogen-bond acceptors (Lipinski definition) is 4. The number of Topliss-reactive ketones (excluding diaryl/α,β-unsaturated/α-hetero) is 1. The molecule has 1 heterocycles. The Kier molecular flexibility index (Phi) is 4.99. The van der Waals surface area contributed by atoms with Crippen molar-refractivity contribution in [2.45, 2.75) is 33.9 Å². The van der Waals surface area contributed by atoms with Crippen molar-refractivity contribution >= 4 is 17.6 Å². The number of ketones is 1. The van der Waals surface area contributed by atoms with Crippen molar-refractivity contribution in [1.82, 2.24) is 9.78 Å². The molecule has 0 spiro atoms. The van der Waals surface area contributed by atoms with Crippen LogP contribution in [0, 0.1) is 25.2 Å². The molecular formula is C17H18N4O3. The summed E-state index contributed by atoms with van der Waals surface area (Å²) >= 11 is 0. The van der Waals surface area contributed by atoms with Crippen molar-refractivity contribution in [3.05, 3.63) is 46.8 Å². The Bertz CT molecular complexity index is 833. The number of nitrogens with zero attached hydrogens (tertiary/aromatic N) is 4. The Morgan fingerprint density at radius 3 is 2.67 bits per heavy atom. The quantitative estimate of drug-likeness (QED) is 0.910. The van der Waals surface area contributed by atoms with Gasteiger partial charge in [-0.25, -0.2) is 4.79 Å². The molecule has 0 bridgehead atoms. The predicted molar refractivity (Wildman–Crippen MR) is 87.7 cm³/mol. The summed E-state index contributed by atoms with van der Waals surface area (Å²) in [4.78, 5) is 24.3. The molecule has 0 aliphatic carbocycles. The smallest absolute Gasteiger partial charge is 0.412 e.